The summed E-state index contributed by atoms with van der Waals surface area (Å²) in [6.07, 6.45) is 0. The maximum atomic E-state index is 12.5. The summed E-state index contributed by atoms with van der Waals surface area (Å²) in [5.74, 6) is -1.42. The van der Waals surface area contributed by atoms with Crippen molar-refractivity contribution in [2.75, 3.05) is 0 Å². The summed E-state index contributed by atoms with van der Waals surface area (Å²) in [6, 6.07) is 1.91. The van der Waals surface area contributed by atoms with Crippen LogP contribution in [0, 0.1) is 0 Å². The lowest BCUT2D eigenvalue weighted by Crippen LogP contribution is -2.04. The van der Waals surface area contributed by atoms with E-state index in [0.29, 0.717) is 0 Å². The normalized spacial score (nSPS) is 11.4. The molecule has 4 nitrogen and oxygen atoms in total. The van der Waals surface area contributed by atoms with Crippen LogP contribution >= 0.6 is 26.6 Å². The van der Waals surface area contributed by atoms with Crippen molar-refractivity contribution >= 4 is 41.6 Å². The Morgan fingerprint density at radius 2 is 2.06 bits per heavy atom. The summed E-state index contributed by atoms with van der Waals surface area (Å²) in [6.45, 7) is -1.01. The molecular formula is C8H5BrClFO4S. The van der Waals surface area contributed by atoms with Crippen LogP contribution in [0.2, 0.25) is 0 Å². The maximum absolute atomic E-state index is 12.5. The van der Waals surface area contributed by atoms with Gasteiger partial charge in [-0.2, -0.15) is 0 Å². The molecule has 0 heterocycles. The molecule has 0 spiro atoms. The van der Waals surface area contributed by atoms with Crippen molar-refractivity contribution < 1.29 is 22.7 Å². The van der Waals surface area contributed by atoms with Gasteiger partial charge in [0.1, 0.15) is 6.67 Å². The lowest BCUT2D eigenvalue weighted by molar-refractivity contribution is 0.0694. The molecule has 0 bridgehead atoms. The molecule has 0 aromatic heterocycles. The molecule has 0 fully saturated rings. The SMILES string of the molecule is O=C(O)c1cc(S(=O)(=O)Cl)c(Br)cc1CF. The summed E-state index contributed by atoms with van der Waals surface area (Å²) in [5.41, 5.74) is -0.548. The fourth-order valence-electron chi connectivity index (χ4n) is 1.09. The zero-order chi connectivity index (χ0) is 12.5. The molecule has 88 valence electrons. The Morgan fingerprint density at radius 3 is 2.44 bits per heavy atom. The highest BCUT2D eigenvalue weighted by molar-refractivity contribution is 9.10. The second-order valence-electron chi connectivity index (χ2n) is 2.82. The van der Waals surface area contributed by atoms with E-state index in [1.54, 1.807) is 0 Å². The van der Waals surface area contributed by atoms with E-state index in [9.17, 15) is 17.6 Å². The van der Waals surface area contributed by atoms with Gasteiger partial charge < -0.3 is 5.11 Å². The fourth-order valence-corrected chi connectivity index (χ4v) is 3.33. The Morgan fingerprint density at radius 1 is 1.50 bits per heavy atom. The molecule has 0 saturated carbocycles. The van der Waals surface area contributed by atoms with E-state index in [-0.39, 0.29) is 10.0 Å². The summed E-state index contributed by atoms with van der Waals surface area (Å²) in [4.78, 5) is 10.4. The predicted octanol–water partition coefficient (Wildman–Crippen LogP) is 2.54. The highest BCUT2D eigenvalue weighted by Gasteiger charge is 2.20. The molecule has 16 heavy (non-hydrogen) atoms. The molecule has 0 aliphatic rings. The van der Waals surface area contributed by atoms with Crippen LogP contribution in [0.25, 0.3) is 0 Å². The summed E-state index contributed by atoms with van der Waals surface area (Å²) < 4.78 is 34.7. The maximum Gasteiger partial charge on any atom is 0.336 e. The third-order valence-electron chi connectivity index (χ3n) is 1.79. The first kappa shape index (κ1) is 13.4. The van der Waals surface area contributed by atoms with E-state index in [4.69, 9.17) is 15.8 Å². The topological polar surface area (TPSA) is 71.4 Å². The number of hydrogen-bond acceptors (Lipinski definition) is 3. The first-order chi connectivity index (χ1) is 7.27. The van der Waals surface area contributed by atoms with E-state index < -0.39 is 32.2 Å². The van der Waals surface area contributed by atoms with Crippen LogP contribution in [0.15, 0.2) is 21.5 Å². The zero-order valence-electron chi connectivity index (χ0n) is 7.58. The molecule has 1 rings (SSSR count). The van der Waals surface area contributed by atoms with Crippen molar-refractivity contribution in [1.29, 1.82) is 0 Å². The molecule has 0 amide bonds. The summed E-state index contributed by atoms with van der Waals surface area (Å²) >= 11 is 2.88. The summed E-state index contributed by atoms with van der Waals surface area (Å²) in [7, 11) is 1.02. The number of aromatic carboxylic acids is 1. The Labute approximate surface area is 104 Å². The monoisotopic (exact) mass is 330 g/mol. The number of hydrogen-bond donors (Lipinski definition) is 1. The Kier molecular flexibility index (Phi) is 3.92. The Balaban J connectivity index is 3.58. The van der Waals surface area contributed by atoms with Gasteiger partial charge in [-0.15, -0.1) is 0 Å². The number of benzene rings is 1. The van der Waals surface area contributed by atoms with Crippen molar-refractivity contribution in [3.63, 3.8) is 0 Å². The van der Waals surface area contributed by atoms with E-state index in [0.717, 1.165) is 12.1 Å². The van der Waals surface area contributed by atoms with Crippen LogP contribution in [0.4, 0.5) is 4.39 Å². The lowest BCUT2D eigenvalue weighted by atomic mass is 10.1. The van der Waals surface area contributed by atoms with Gasteiger partial charge in [0, 0.05) is 15.2 Å². The third-order valence-corrected chi connectivity index (χ3v) is 4.08. The molecule has 0 aliphatic heterocycles. The molecule has 1 aromatic carbocycles. The Bertz CT molecular complexity index is 543. The number of rotatable bonds is 3. The minimum atomic E-state index is -4.07. The molecular weight excluding hydrogens is 327 g/mol. The average Bonchev–Trinajstić information content (AvgIpc) is 2.14. The van der Waals surface area contributed by atoms with Gasteiger partial charge in [-0.1, -0.05) is 0 Å². The van der Waals surface area contributed by atoms with Gasteiger partial charge in [0.05, 0.1) is 10.5 Å². The first-order valence-corrected chi connectivity index (χ1v) is 6.94. The average molecular weight is 332 g/mol. The predicted molar refractivity (Wildman–Crippen MR) is 59.0 cm³/mol. The first-order valence-electron chi connectivity index (χ1n) is 3.83. The van der Waals surface area contributed by atoms with Crippen LogP contribution in [-0.2, 0) is 15.7 Å². The molecule has 0 unspecified atom stereocenters. The van der Waals surface area contributed by atoms with E-state index >= 15 is 0 Å². The largest absolute Gasteiger partial charge is 0.478 e. The van der Waals surface area contributed by atoms with Gasteiger partial charge in [-0.3, -0.25) is 0 Å². The molecule has 1 aromatic rings. The second kappa shape index (κ2) is 4.68. The number of carbonyl (C=O) groups is 1. The molecule has 1 N–H and O–H groups in total. The second-order valence-corrected chi connectivity index (χ2v) is 6.21. The third kappa shape index (κ3) is 2.72. The van der Waals surface area contributed by atoms with E-state index in [1.807, 2.05) is 0 Å². The lowest BCUT2D eigenvalue weighted by Gasteiger charge is -2.06. The zero-order valence-corrected chi connectivity index (χ0v) is 10.7. The minimum absolute atomic E-state index is 0.0279. The van der Waals surface area contributed by atoms with Crippen molar-refractivity contribution in [1.82, 2.24) is 0 Å². The fraction of sp³-hybridized carbons (Fsp3) is 0.125. The highest BCUT2D eigenvalue weighted by Crippen LogP contribution is 2.29. The van der Waals surface area contributed by atoms with Crippen LogP contribution in [0.1, 0.15) is 15.9 Å². The number of carboxylic acid groups (broad SMARTS) is 1. The molecule has 0 radical (unpaired) electrons. The van der Waals surface area contributed by atoms with Crippen LogP contribution in [-0.4, -0.2) is 19.5 Å². The van der Waals surface area contributed by atoms with Crippen LogP contribution in [0.3, 0.4) is 0 Å². The van der Waals surface area contributed by atoms with Crippen LogP contribution in [0.5, 0.6) is 0 Å². The quantitative estimate of drug-likeness (QED) is 0.864. The Hall–Kier alpha value is -0.660. The smallest absolute Gasteiger partial charge is 0.336 e. The number of halogens is 3. The molecule has 0 saturated heterocycles. The van der Waals surface area contributed by atoms with Crippen molar-refractivity contribution in [2.45, 2.75) is 11.6 Å². The van der Waals surface area contributed by atoms with Crippen molar-refractivity contribution in [3.8, 4) is 0 Å². The van der Waals surface area contributed by atoms with Gasteiger partial charge in [-0.25, -0.2) is 17.6 Å². The number of carboxylic acids is 1. The van der Waals surface area contributed by atoms with E-state index in [2.05, 4.69) is 15.9 Å². The molecule has 0 atom stereocenters. The molecule has 8 heteroatoms. The number of alkyl halides is 1. The van der Waals surface area contributed by atoms with Gasteiger partial charge in [0.25, 0.3) is 9.05 Å². The van der Waals surface area contributed by atoms with Gasteiger partial charge >= 0.3 is 5.97 Å². The van der Waals surface area contributed by atoms with Crippen LogP contribution < -0.4 is 0 Å². The molecule has 0 aliphatic carbocycles. The van der Waals surface area contributed by atoms with Gasteiger partial charge in [-0.05, 0) is 33.6 Å². The highest BCUT2D eigenvalue weighted by atomic mass is 79.9. The van der Waals surface area contributed by atoms with Gasteiger partial charge in [0.2, 0.25) is 0 Å². The van der Waals surface area contributed by atoms with Crippen molar-refractivity contribution in [2.24, 2.45) is 0 Å². The standard InChI is InChI=1S/C8H5BrClFO4S/c9-6-1-4(3-11)5(8(12)13)2-7(6)16(10,14)15/h1-2H,3H2,(H,12,13). The minimum Gasteiger partial charge on any atom is -0.478 e. The van der Waals surface area contributed by atoms with E-state index in [1.165, 1.54) is 0 Å². The van der Waals surface area contributed by atoms with Gasteiger partial charge in [0.15, 0.2) is 0 Å². The van der Waals surface area contributed by atoms with Crippen molar-refractivity contribution in [3.05, 3.63) is 27.7 Å². The summed E-state index contributed by atoms with van der Waals surface area (Å²) in [5, 5.41) is 8.76.